The number of hydrogen-bond acceptors (Lipinski definition) is 4. The van der Waals surface area contributed by atoms with Gasteiger partial charge in [-0.3, -0.25) is 4.79 Å². The molecule has 0 aliphatic heterocycles. The lowest BCUT2D eigenvalue weighted by Gasteiger charge is -2.04. The van der Waals surface area contributed by atoms with Crippen LogP contribution >= 0.6 is 24.0 Å². The van der Waals surface area contributed by atoms with Crippen molar-refractivity contribution < 1.29 is 9.90 Å². The molecule has 3 nitrogen and oxygen atoms in total. The molecule has 0 saturated carbocycles. The zero-order valence-electron chi connectivity index (χ0n) is 7.86. The Kier molecular flexibility index (Phi) is 4.44. The van der Waals surface area contributed by atoms with E-state index in [2.05, 4.69) is 17.9 Å². The lowest BCUT2D eigenvalue weighted by molar-refractivity contribution is 0.0949. The van der Waals surface area contributed by atoms with Crippen molar-refractivity contribution in [2.75, 3.05) is 6.54 Å². The third-order valence-corrected chi connectivity index (χ3v) is 3.02. The van der Waals surface area contributed by atoms with Crippen LogP contribution in [0.25, 0.3) is 0 Å². The Hall–Kier alpha value is -0.520. The molecule has 0 aliphatic rings. The number of aliphatic hydroxyl groups excluding tert-OH is 1. The highest BCUT2D eigenvalue weighted by Crippen LogP contribution is 2.17. The molecule has 0 spiro atoms. The van der Waals surface area contributed by atoms with E-state index in [-0.39, 0.29) is 12.0 Å². The topological polar surface area (TPSA) is 49.3 Å². The molecule has 78 valence electrons. The Morgan fingerprint density at radius 1 is 1.79 bits per heavy atom. The van der Waals surface area contributed by atoms with Gasteiger partial charge in [0.15, 0.2) is 0 Å². The predicted octanol–water partition coefficient (Wildman–Crippen LogP) is 1.54. The number of thiophene rings is 1. The normalized spacial score (nSPS) is 12.5. The first-order valence-electron chi connectivity index (χ1n) is 4.33. The van der Waals surface area contributed by atoms with Crippen LogP contribution in [-0.2, 0) is 0 Å². The minimum Gasteiger partial charge on any atom is -0.393 e. The molecule has 0 radical (unpaired) electrons. The first kappa shape index (κ1) is 11.6. The van der Waals surface area contributed by atoms with E-state index in [0.29, 0.717) is 17.8 Å². The molecule has 0 aromatic carbocycles. The first-order chi connectivity index (χ1) is 6.59. The van der Waals surface area contributed by atoms with Crippen LogP contribution in [0, 0.1) is 0 Å². The van der Waals surface area contributed by atoms with Gasteiger partial charge in [-0.05, 0) is 19.4 Å². The maximum atomic E-state index is 11.4. The van der Waals surface area contributed by atoms with Crippen molar-refractivity contribution >= 4 is 29.9 Å². The number of thiol groups is 1. The van der Waals surface area contributed by atoms with Gasteiger partial charge >= 0.3 is 0 Å². The molecule has 2 N–H and O–H groups in total. The van der Waals surface area contributed by atoms with Gasteiger partial charge in [0, 0.05) is 16.8 Å². The van der Waals surface area contributed by atoms with E-state index in [9.17, 15) is 4.79 Å². The van der Waals surface area contributed by atoms with Crippen molar-refractivity contribution in [2.45, 2.75) is 24.3 Å². The summed E-state index contributed by atoms with van der Waals surface area (Å²) < 4.78 is 0. The standard InChI is InChI=1S/C9H13NO2S2/c1-6(11)2-3-10-9(12)8-4-7(13)5-14-8/h4-6,11,13H,2-3H2,1H3,(H,10,12). The maximum absolute atomic E-state index is 11.4. The van der Waals surface area contributed by atoms with Gasteiger partial charge in [-0.25, -0.2) is 0 Å². The van der Waals surface area contributed by atoms with E-state index < -0.39 is 0 Å². The Morgan fingerprint density at radius 3 is 3.00 bits per heavy atom. The van der Waals surface area contributed by atoms with Crippen LogP contribution in [0.1, 0.15) is 23.0 Å². The quantitative estimate of drug-likeness (QED) is 0.688. The molecule has 0 fully saturated rings. The molecule has 1 heterocycles. The van der Waals surface area contributed by atoms with Crippen molar-refractivity contribution in [1.82, 2.24) is 5.32 Å². The molecule has 0 bridgehead atoms. The van der Waals surface area contributed by atoms with Gasteiger partial charge in [-0.2, -0.15) is 0 Å². The second-order valence-corrected chi connectivity index (χ2v) is 4.49. The van der Waals surface area contributed by atoms with Crippen LogP contribution in [0.4, 0.5) is 0 Å². The minimum absolute atomic E-state index is 0.101. The highest BCUT2D eigenvalue weighted by atomic mass is 32.1. The van der Waals surface area contributed by atoms with Gasteiger partial charge in [-0.15, -0.1) is 24.0 Å². The average Bonchev–Trinajstić information content (AvgIpc) is 2.51. The number of carbonyl (C=O) groups excluding carboxylic acids is 1. The minimum atomic E-state index is -0.376. The Morgan fingerprint density at radius 2 is 2.50 bits per heavy atom. The second-order valence-electron chi connectivity index (χ2n) is 3.06. The molecule has 1 aromatic rings. The number of carbonyl (C=O) groups is 1. The van der Waals surface area contributed by atoms with E-state index in [0.717, 1.165) is 4.90 Å². The van der Waals surface area contributed by atoms with E-state index in [1.807, 2.05) is 5.38 Å². The highest BCUT2D eigenvalue weighted by Gasteiger charge is 2.07. The zero-order valence-corrected chi connectivity index (χ0v) is 9.57. The number of nitrogens with one attached hydrogen (secondary N) is 1. The van der Waals surface area contributed by atoms with Crippen LogP contribution in [0.5, 0.6) is 0 Å². The number of rotatable bonds is 4. The van der Waals surface area contributed by atoms with Crippen LogP contribution in [0.3, 0.4) is 0 Å². The van der Waals surface area contributed by atoms with Gasteiger partial charge in [0.05, 0.1) is 11.0 Å². The molecule has 1 aromatic heterocycles. The summed E-state index contributed by atoms with van der Waals surface area (Å²) in [6.07, 6.45) is 0.198. The van der Waals surface area contributed by atoms with Crippen LogP contribution in [0.15, 0.2) is 16.3 Å². The first-order valence-corrected chi connectivity index (χ1v) is 5.66. The molecule has 14 heavy (non-hydrogen) atoms. The Labute approximate surface area is 92.6 Å². The van der Waals surface area contributed by atoms with Gasteiger partial charge < -0.3 is 10.4 Å². The predicted molar refractivity (Wildman–Crippen MR) is 60.2 cm³/mol. The molecule has 1 rings (SSSR count). The van der Waals surface area contributed by atoms with Gasteiger partial charge in [-0.1, -0.05) is 0 Å². The van der Waals surface area contributed by atoms with Crippen molar-refractivity contribution in [3.63, 3.8) is 0 Å². The summed E-state index contributed by atoms with van der Waals surface area (Å²) in [5, 5.41) is 13.5. The summed E-state index contributed by atoms with van der Waals surface area (Å²) in [5.74, 6) is -0.101. The van der Waals surface area contributed by atoms with E-state index >= 15 is 0 Å². The van der Waals surface area contributed by atoms with Crippen LogP contribution in [0.2, 0.25) is 0 Å². The molecular weight excluding hydrogens is 218 g/mol. The van der Waals surface area contributed by atoms with Crippen LogP contribution in [-0.4, -0.2) is 23.7 Å². The number of amides is 1. The number of hydrogen-bond donors (Lipinski definition) is 3. The average molecular weight is 231 g/mol. The summed E-state index contributed by atoms with van der Waals surface area (Å²) in [4.78, 5) is 12.9. The summed E-state index contributed by atoms with van der Waals surface area (Å²) in [6, 6.07) is 1.73. The van der Waals surface area contributed by atoms with Gasteiger partial charge in [0.2, 0.25) is 0 Å². The summed E-state index contributed by atoms with van der Waals surface area (Å²) in [6.45, 7) is 2.19. The van der Waals surface area contributed by atoms with Gasteiger partial charge in [0.1, 0.15) is 0 Å². The molecule has 1 unspecified atom stereocenters. The Balaban J connectivity index is 2.36. The number of aliphatic hydroxyl groups is 1. The third kappa shape index (κ3) is 3.69. The summed E-state index contributed by atoms with van der Waals surface area (Å²) in [5.41, 5.74) is 0. The third-order valence-electron chi connectivity index (χ3n) is 1.66. The fourth-order valence-corrected chi connectivity index (χ4v) is 1.99. The lowest BCUT2D eigenvalue weighted by atomic mass is 10.3. The molecular formula is C9H13NO2S2. The zero-order chi connectivity index (χ0) is 10.6. The van der Waals surface area contributed by atoms with Crippen molar-refractivity contribution in [3.8, 4) is 0 Å². The summed E-state index contributed by atoms with van der Waals surface area (Å²) in [7, 11) is 0. The molecule has 0 saturated heterocycles. The smallest absolute Gasteiger partial charge is 0.261 e. The van der Waals surface area contributed by atoms with E-state index in [1.165, 1.54) is 11.3 Å². The fourth-order valence-electron chi connectivity index (χ4n) is 0.927. The van der Waals surface area contributed by atoms with Gasteiger partial charge in [0.25, 0.3) is 5.91 Å². The largest absolute Gasteiger partial charge is 0.393 e. The SMILES string of the molecule is CC(O)CCNC(=O)c1cc(S)cs1. The fraction of sp³-hybridized carbons (Fsp3) is 0.444. The van der Waals surface area contributed by atoms with Crippen molar-refractivity contribution in [1.29, 1.82) is 0 Å². The molecule has 0 aliphatic carbocycles. The lowest BCUT2D eigenvalue weighted by Crippen LogP contribution is -2.25. The van der Waals surface area contributed by atoms with Crippen molar-refractivity contribution in [2.24, 2.45) is 0 Å². The molecule has 1 atom stereocenters. The van der Waals surface area contributed by atoms with E-state index in [4.69, 9.17) is 5.11 Å². The van der Waals surface area contributed by atoms with E-state index in [1.54, 1.807) is 13.0 Å². The highest BCUT2D eigenvalue weighted by molar-refractivity contribution is 7.80. The Bertz CT molecular complexity index is 310. The van der Waals surface area contributed by atoms with Crippen molar-refractivity contribution in [3.05, 3.63) is 16.3 Å². The molecule has 1 amide bonds. The maximum Gasteiger partial charge on any atom is 0.261 e. The summed E-state index contributed by atoms with van der Waals surface area (Å²) >= 11 is 5.48. The second kappa shape index (κ2) is 5.38. The monoisotopic (exact) mass is 231 g/mol. The van der Waals surface area contributed by atoms with Crippen LogP contribution < -0.4 is 5.32 Å². The molecule has 5 heteroatoms.